The Morgan fingerprint density at radius 3 is 2.56 bits per heavy atom. The lowest BCUT2D eigenvalue weighted by Crippen LogP contribution is -2.32. The molecule has 0 amide bonds. The molecule has 1 rings (SSSR count). The third-order valence-electron chi connectivity index (χ3n) is 2.82. The SMILES string of the molecule is CC(CC(=O)O)N(C)CCc1ccccc1. The highest BCUT2D eigenvalue weighted by molar-refractivity contribution is 5.67. The lowest BCUT2D eigenvalue weighted by molar-refractivity contribution is -0.138. The van der Waals surface area contributed by atoms with Gasteiger partial charge in [-0.1, -0.05) is 30.3 Å². The molecule has 1 atom stereocenters. The topological polar surface area (TPSA) is 40.5 Å². The lowest BCUT2D eigenvalue weighted by atomic mass is 10.1. The zero-order chi connectivity index (χ0) is 12.0. The van der Waals surface area contributed by atoms with Gasteiger partial charge in [-0.15, -0.1) is 0 Å². The fourth-order valence-electron chi connectivity index (χ4n) is 1.58. The normalized spacial score (nSPS) is 12.7. The molecule has 3 heteroatoms. The molecule has 1 unspecified atom stereocenters. The first kappa shape index (κ1) is 12.7. The molecule has 0 saturated heterocycles. The van der Waals surface area contributed by atoms with Gasteiger partial charge in [-0.05, 0) is 26.0 Å². The van der Waals surface area contributed by atoms with Crippen LogP contribution in [0.3, 0.4) is 0 Å². The molecule has 1 aromatic carbocycles. The third kappa shape index (κ3) is 4.45. The van der Waals surface area contributed by atoms with Gasteiger partial charge in [-0.2, -0.15) is 0 Å². The Hall–Kier alpha value is -1.35. The van der Waals surface area contributed by atoms with E-state index in [1.807, 2.05) is 32.2 Å². The zero-order valence-electron chi connectivity index (χ0n) is 9.89. The number of carbonyl (C=O) groups is 1. The summed E-state index contributed by atoms with van der Waals surface area (Å²) >= 11 is 0. The first-order chi connectivity index (χ1) is 7.59. The second-order valence-electron chi connectivity index (χ2n) is 4.16. The average Bonchev–Trinajstić information content (AvgIpc) is 2.26. The van der Waals surface area contributed by atoms with Crippen molar-refractivity contribution in [3.63, 3.8) is 0 Å². The van der Waals surface area contributed by atoms with Gasteiger partial charge in [0, 0.05) is 12.6 Å². The molecule has 0 heterocycles. The monoisotopic (exact) mass is 221 g/mol. The predicted molar refractivity (Wildman–Crippen MR) is 64.5 cm³/mol. The summed E-state index contributed by atoms with van der Waals surface area (Å²) in [4.78, 5) is 12.6. The molecule has 0 aliphatic rings. The minimum absolute atomic E-state index is 0.0845. The van der Waals surface area contributed by atoms with Crippen molar-refractivity contribution in [2.75, 3.05) is 13.6 Å². The molecule has 16 heavy (non-hydrogen) atoms. The van der Waals surface area contributed by atoms with Gasteiger partial charge in [0.2, 0.25) is 0 Å². The number of aliphatic carboxylic acids is 1. The highest BCUT2D eigenvalue weighted by Crippen LogP contribution is 2.05. The van der Waals surface area contributed by atoms with Crippen molar-refractivity contribution in [3.05, 3.63) is 35.9 Å². The molecule has 0 radical (unpaired) electrons. The average molecular weight is 221 g/mol. The summed E-state index contributed by atoms with van der Waals surface area (Å²) in [5.74, 6) is -0.737. The van der Waals surface area contributed by atoms with E-state index in [2.05, 4.69) is 17.0 Å². The van der Waals surface area contributed by atoms with Crippen molar-refractivity contribution in [3.8, 4) is 0 Å². The fraction of sp³-hybridized carbons (Fsp3) is 0.462. The number of hydrogen-bond acceptors (Lipinski definition) is 2. The maximum absolute atomic E-state index is 10.6. The van der Waals surface area contributed by atoms with Crippen LogP contribution in [0.1, 0.15) is 18.9 Å². The van der Waals surface area contributed by atoms with Crippen molar-refractivity contribution in [2.24, 2.45) is 0 Å². The summed E-state index contributed by atoms with van der Waals surface area (Å²) in [6.07, 6.45) is 1.16. The van der Waals surface area contributed by atoms with Gasteiger partial charge in [0.15, 0.2) is 0 Å². The van der Waals surface area contributed by atoms with Crippen LogP contribution in [0.15, 0.2) is 30.3 Å². The molecule has 1 N–H and O–H groups in total. The van der Waals surface area contributed by atoms with Crippen molar-refractivity contribution in [2.45, 2.75) is 25.8 Å². The van der Waals surface area contributed by atoms with Crippen LogP contribution in [0.5, 0.6) is 0 Å². The molecule has 3 nitrogen and oxygen atoms in total. The molecule has 0 saturated carbocycles. The zero-order valence-corrected chi connectivity index (χ0v) is 9.89. The summed E-state index contributed by atoms with van der Waals surface area (Å²) in [6, 6.07) is 10.3. The molecule has 0 fully saturated rings. The number of hydrogen-bond donors (Lipinski definition) is 1. The van der Waals surface area contributed by atoms with Crippen molar-refractivity contribution in [1.82, 2.24) is 4.90 Å². The van der Waals surface area contributed by atoms with E-state index >= 15 is 0 Å². The van der Waals surface area contributed by atoms with E-state index in [0.29, 0.717) is 0 Å². The Morgan fingerprint density at radius 1 is 1.38 bits per heavy atom. The number of rotatable bonds is 6. The van der Waals surface area contributed by atoms with Crippen LogP contribution in [-0.2, 0) is 11.2 Å². The standard InChI is InChI=1S/C13H19NO2/c1-11(10-13(15)16)14(2)9-8-12-6-4-3-5-7-12/h3-7,11H,8-10H2,1-2H3,(H,15,16). The minimum atomic E-state index is -0.737. The number of carboxylic acid groups (broad SMARTS) is 1. The Kier molecular flexibility index (Phi) is 4.99. The maximum Gasteiger partial charge on any atom is 0.304 e. The first-order valence-corrected chi connectivity index (χ1v) is 5.55. The Labute approximate surface area is 96.7 Å². The van der Waals surface area contributed by atoms with Crippen LogP contribution in [0, 0.1) is 0 Å². The molecule has 0 bridgehead atoms. The number of benzene rings is 1. The summed E-state index contributed by atoms with van der Waals surface area (Å²) in [7, 11) is 1.97. The van der Waals surface area contributed by atoms with Gasteiger partial charge in [0.1, 0.15) is 0 Å². The summed E-state index contributed by atoms with van der Waals surface area (Å²) in [5, 5.41) is 8.69. The van der Waals surface area contributed by atoms with Crippen LogP contribution in [-0.4, -0.2) is 35.6 Å². The third-order valence-corrected chi connectivity index (χ3v) is 2.82. The largest absolute Gasteiger partial charge is 0.481 e. The summed E-state index contributed by atoms with van der Waals surface area (Å²) in [6.45, 7) is 2.83. The molecule has 0 aromatic heterocycles. The molecule has 0 aliphatic carbocycles. The van der Waals surface area contributed by atoms with E-state index in [1.165, 1.54) is 5.56 Å². The molecule has 88 valence electrons. The first-order valence-electron chi connectivity index (χ1n) is 5.55. The fourth-order valence-corrected chi connectivity index (χ4v) is 1.58. The Balaban J connectivity index is 2.35. The molecule has 0 spiro atoms. The minimum Gasteiger partial charge on any atom is -0.481 e. The van der Waals surface area contributed by atoms with Crippen LogP contribution >= 0.6 is 0 Å². The van der Waals surface area contributed by atoms with E-state index in [4.69, 9.17) is 5.11 Å². The molecular formula is C13H19NO2. The smallest absolute Gasteiger partial charge is 0.304 e. The van der Waals surface area contributed by atoms with E-state index in [0.717, 1.165) is 13.0 Å². The Bertz CT molecular complexity index is 324. The predicted octanol–water partition coefficient (Wildman–Crippen LogP) is 2.02. The number of carboxylic acids is 1. The van der Waals surface area contributed by atoms with Gasteiger partial charge in [-0.25, -0.2) is 0 Å². The lowest BCUT2D eigenvalue weighted by Gasteiger charge is -2.23. The highest BCUT2D eigenvalue weighted by atomic mass is 16.4. The van der Waals surface area contributed by atoms with E-state index < -0.39 is 5.97 Å². The quantitative estimate of drug-likeness (QED) is 0.799. The second kappa shape index (κ2) is 6.28. The molecule has 1 aromatic rings. The van der Waals surface area contributed by atoms with Crippen LogP contribution in [0.2, 0.25) is 0 Å². The maximum atomic E-state index is 10.6. The molecular weight excluding hydrogens is 202 g/mol. The van der Waals surface area contributed by atoms with E-state index in [9.17, 15) is 4.79 Å². The summed E-state index contributed by atoms with van der Waals surface area (Å²) in [5.41, 5.74) is 1.29. The van der Waals surface area contributed by atoms with Crippen molar-refractivity contribution < 1.29 is 9.90 Å². The van der Waals surface area contributed by atoms with Crippen LogP contribution in [0.25, 0.3) is 0 Å². The van der Waals surface area contributed by atoms with E-state index in [1.54, 1.807) is 0 Å². The summed E-state index contributed by atoms with van der Waals surface area (Å²) < 4.78 is 0. The second-order valence-corrected chi connectivity index (χ2v) is 4.16. The van der Waals surface area contributed by atoms with Gasteiger partial charge < -0.3 is 10.0 Å². The number of likely N-dealkylation sites (N-methyl/N-ethyl adjacent to an activating group) is 1. The van der Waals surface area contributed by atoms with Crippen LogP contribution in [0.4, 0.5) is 0 Å². The van der Waals surface area contributed by atoms with Crippen LogP contribution < -0.4 is 0 Å². The number of nitrogens with zero attached hydrogens (tertiary/aromatic N) is 1. The Morgan fingerprint density at radius 2 is 2.00 bits per heavy atom. The van der Waals surface area contributed by atoms with E-state index in [-0.39, 0.29) is 12.5 Å². The molecule has 0 aliphatic heterocycles. The van der Waals surface area contributed by atoms with Gasteiger partial charge in [-0.3, -0.25) is 4.79 Å². The van der Waals surface area contributed by atoms with Crippen molar-refractivity contribution >= 4 is 5.97 Å². The highest BCUT2D eigenvalue weighted by Gasteiger charge is 2.12. The van der Waals surface area contributed by atoms with Crippen molar-refractivity contribution in [1.29, 1.82) is 0 Å². The van der Waals surface area contributed by atoms with Gasteiger partial charge in [0.05, 0.1) is 6.42 Å². The van der Waals surface area contributed by atoms with Gasteiger partial charge >= 0.3 is 5.97 Å². The van der Waals surface area contributed by atoms with Gasteiger partial charge in [0.25, 0.3) is 0 Å².